The van der Waals surface area contributed by atoms with Crippen LogP contribution in [0.4, 0.5) is 17.3 Å². The van der Waals surface area contributed by atoms with Crippen LogP contribution in [0.25, 0.3) is 0 Å². The van der Waals surface area contributed by atoms with Gasteiger partial charge in [0.15, 0.2) is 0 Å². The molecule has 0 saturated carbocycles. The van der Waals surface area contributed by atoms with Gasteiger partial charge in [-0.05, 0) is 31.4 Å². The molecule has 0 unspecified atom stereocenters. The summed E-state index contributed by atoms with van der Waals surface area (Å²) in [4.78, 5) is 37.2. The van der Waals surface area contributed by atoms with E-state index >= 15 is 0 Å². The summed E-state index contributed by atoms with van der Waals surface area (Å²) in [7, 11) is 0. The molecule has 148 valence electrons. The van der Waals surface area contributed by atoms with E-state index in [1.807, 2.05) is 11.0 Å². The number of nitrogens with one attached hydrogen (secondary N) is 1. The van der Waals surface area contributed by atoms with Gasteiger partial charge in [0, 0.05) is 32.0 Å². The van der Waals surface area contributed by atoms with Crippen LogP contribution in [-0.4, -0.2) is 45.5 Å². The minimum absolute atomic E-state index is 0.159. The maximum absolute atomic E-state index is 11.9. The molecular weight excluding hydrogens is 364 g/mol. The lowest BCUT2D eigenvalue weighted by Gasteiger charge is -2.31. The molecule has 10 nitrogen and oxygen atoms in total. The lowest BCUT2D eigenvalue weighted by molar-refractivity contribution is -0.383. The van der Waals surface area contributed by atoms with Crippen molar-refractivity contribution in [3.63, 3.8) is 0 Å². The summed E-state index contributed by atoms with van der Waals surface area (Å²) in [5.74, 6) is 0.0285. The standard InChI is InChI=1S/C18H22N6O4/c1-2-28-18(25)14-5-8-23(9-6-14)17-15(24(26)27)16(21-12-22-17)20-11-13-4-3-7-19-10-13/h3-4,7,10,12,14H,2,5-6,8-9,11H2,1H3,(H,20,21,22). The zero-order valence-electron chi connectivity index (χ0n) is 15.6. The largest absolute Gasteiger partial charge is 0.466 e. The second-order valence-corrected chi connectivity index (χ2v) is 6.38. The van der Waals surface area contributed by atoms with Crippen molar-refractivity contribution in [3.05, 3.63) is 46.5 Å². The molecule has 2 aromatic rings. The number of hydrogen-bond donors (Lipinski definition) is 1. The average molecular weight is 386 g/mol. The van der Waals surface area contributed by atoms with Gasteiger partial charge < -0.3 is 15.0 Å². The highest BCUT2D eigenvalue weighted by Gasteiger charge is 2.32. The molecule has 0 bridgehead atoms. The fourth-order valence-corrected chi connectivity index (χ4v) is 3.17. The summed E-state index contributed by atoms with van der Waals surface area (Å²) in [5.41, 5.74) is 0.716. The topological polar surface area (TPSA) is 123 Å². The van der Waals surface area contributed by atoms with E-state index in [2.05, 4.69) is 20.3 Å². The van der Waals surface area contributed by atoms with E-state index in [4.69, 9.17) is 4.74 Å². The van der Waals surface area contributed by atoms with Crippen LogP contribution in [0.2, 0.25) is 0 Å². The number of carbonyl (C=O) groups is 1. The summed E-state index contributed by atoms with van der Waals surface area (Å²) in [6, 6.07) is 3.67. The van der Waals surface area contributed by atoms with Crippen LogP contribution in [-0.2, 0) is 16.1 Å². The summed E-state index contributed by atoms with van der Waals surface area (Å²) >= 11 is 0. The zero-order valence-corrected chi connectivity index (χ0v) is 15.6. The minimum atomic E-state index is -0.474. The van der Waals surface area contributed by atoms with Crippen LogP contribution in [0, 0.1) is 16.0 Å². The van der Waals surface area contributed by atoms with E-state index in [9.17, 15) is 14.9 Å². The van der Waals surface area contributed by atoms with Gasteiger partial charge in [-0.2, -0.15) is 0 Å². The van der Waals surface area contributed by atoms with Gasteiger partial charge in [0.05, 0.1) is 17.4 Å². The highest BCUT2D eigenvalue weighted by atomic mass is 16.6. The molecule has 0 spiro atoms. The Morgan fingerprint density at radius 1 is 1.39 bits per heavy atom. The predicted octanol–water partition coefficient (Wildman–Crippen LogP) is 2.17. The van der Waals surface area contributed by atoms with Crippen molar-refractivity contribution in [2.24, 2.45) is 5.92 Å². The number of nitrogens with zero attached hydrogens (tertiary/aromatic N) is 5. The molecule has 10 heteroatoms. The van der Waals surface area contributed by atoms with Crippen molar-refractivity contribution in [3.8, 4) is 0 Å². The van der Waals surface area contributed by atoms with Gasteiger partial charge in [0.2, 0.25) is 11.6 Å². The zero-order chi connectivity index (χ0) is 19.9. The van der Waals surface area contributed by atoms with E-state index in [-0.39, 0.29) is 29.2 Å². The predicted molar refractivity (Wildman–Crippen MR) is 102 cm³/mol. The Morgan fingerprint density at radius 2 is 2.18 bits per heavy atom. The number of aromatic nitrogens is 3. The highest BCUT2D eigenvalue weighted by Crippen LogP contribution is 2.34. The number of nitro groups is 1. The first-order valence-electron chi connectivity index (χ1n) is 9.14. The van der Waals surface area contributed by atoms with E-state index < -0.39 is 4.92 Å². The Morgan fingerprint density at radius 3 is 2.82 bits per heavy atom. The molecule has 1 aliphatic heterocycles. The molecule has 3 heterocycles. The molecular formula is C18H22N6O4. The second kappa shape index (κ2) is 9.07. The molecule has 0 amide bonds. The van der Waals surface area contributed by atoms with Gasteiger partial charge in [-0.25, -0.2) is 9.97 Å². The highest BCUT2D eigenvalue weighted by molar-refractivity contribution is 5.74. The van der Waals surface area contributed by atoms with Crippen LogP contribution in [0.15, 0.2) is 30.9 Å². The number of piperidine rings is 1. The molecule has 1 N–H and O–H groups in total. The Bertz CT molecular complexity index is 824. The first-order chi connectivity index (χ1) is 13.6. The Hall–Kier alpha value is -3.30. The third-order valence-corrected chi connectivity index (χ3v) is 4.58. The number of anilines is 2. The SMILES string of the molecule is CCOC(=O)C1CCN(c2ncnc(NCc3cccnc3)c2[N+](=O)[O-])CC1. The summed E-state index contributed by atoms with van der Waals surface area (Å²) in [5, 5.41) is 14.7. The van der Waals surface area contributed by atoms with Crippen molar-refractivity contribution in [2.75, 3.05) is 29.9 Å². The Kier molecular flexibility index (Phi) is 6.30. The number of pyridine rings is 1. The molecule has 28 heavy (non-hydrogen) atoms. The molecule has 1 fully saturated rings. The Labute approximate surface area is 162 Å². The molecule has 1 saturated heterocycles. The summed E-state index contributed by atoms with van der Waals surface area (Å²) in [6.45, 7) is 3.46. The third-order valence-electron chi connectivity index (χ3n) is 4.58. The van der Waals surface area contributed by atoms with Crippen molar-refractivity contribution in [2.45, 2.75) is 26.3 Å². The van der Waals surface area contributed by atoms with E-state index in [1.54, 1.807) is 25.4 Å². The van der Waals surface area contributed by atoms with Gasteiger partial charge in [-0.1, -0.05) is 6.07 Å². The van der Waals surface area contributed by atoms with E-state index in [1.165, 1.54) is 6.33 Å². The molecule has 3 rings (SSSR count). The van der Waals surface area contributed by atoms with Crippen LogP contribution >= 0.6 is 0 Å². The number of rotatable bonds is 7. The van der Waals surface area contributed by atoms with Gasteiger partial charge in [-0.15, -0.1) is 0 Å². The smallest absolute Gasteiger partial charge is 0.353 e. The van der Waals surface area contributed by atoms with Crippen molar-refractivity contribution in [1.29, 1.82) is 0 Å². The maximum atomic E-state index is 11.9. The van der Waals surface area contributed by atoms with Gasteiger partial charge in [0.25, 0.3) is 0 Å². The number of esters is 1. The van der Waals surface area contributed by atoms with E-state index in [0.29, 0.717) is 39.1 Å². The van der Waals surface area contributed by atoms with Crippen molar-refractivity contribution in [1.82, 2.24) is 15.0 Å². The Balaban J connectivity index is 1.75. The van der Waals surface area contributed by atoms with Gasteiger partial charge >= 0.3 is 11.7 Å². The molecule has 1 aliphatic rings. The van der Waals surface area contributed by atoms with Crippen LogP contribution < -0.4 is 10.2 Å². The van der Waals surface area contributed by atoms with Crippen molar-refractivity contribution >= 4 is 23.3 Å². The fourth-order valence-electron chi connectivity index (χ4n) is 3.17. The first-order valence-corrected chi connectivity index (χ1v) is 9.14. The fraction of sp³-hybridized carbons (Fsp3) is 0.444. The second-order valence-electron chi connectivity index (χ2n) is 6.38. The first kappa shape index (κ1) is 19.5. The number of ether oxygens (including phenoxy) is 1. The van der Waals surface area contributed by atoms with Gasteiger partial charge in [0.1, 0.15) is 6.33 Å². The molecule has 2 aromatic heterocycles. The quantitative estimate of drug-likeness (QED) is 0.433. The van der Waals surface area contributed by atoms with Crippen LogP contribution in [0.3, 0.4) is 0 Å². The van der Waals surface area contributed by atoms with Crippen LogP contribution in [0.1, 0.15) is 25.3 Å². The van der Waals surface area contributed by atoms with E-state index in [0.717, 1.165) is 5.56 Å². The molecule has 0 aromatic carbocycles. The lowest BCUT2D eigenvalue weighted by atomic mass is 9.97. The van der Waals surface area contributed by atoms with Gasteiger partial charge in [-0.3, -0.25) is 19.9 Å². The molecule has 0 radical (unpaired) electrons. The normalized spacial score (nSPS) is 14.5. The lowest BCUT2D eigenvalue weighted by Crippen LogP contribution is -2.37. The average Bonchev–Trinajstić information content (AvgIpc) is 2.73. The monoisotopic (exact) mass is 386 g/mol. The molecule has 0 aliphatic carbocycles. The molecule has 0 atom stereocenters. The minimum Gasteiger partial charge on any atom is -0.466 e. The van der Waals surface area contributed by atoms with Crippen molar-refractivity contribution < 1.29 is 14.5 Å². The number of carbonyl (C=O) groups excluding carboxylic acids is 1. The van der Waals surface area contributed by atoms with Crippen LogP contribution in [0.5, 0.6) is 0 Å². The summed E-state index contributed by atoms with van der Waals surface area (Å²) < 4.78 is 5.07. The third kappa shape index (κ3) is 4.51. The number of hydrogen-bond acceptors (Lipinski definition) is 9. The summed E-state index contributed by atoms with van der Waals surface area (Å²) in [6.07, 6.45) is 5.79. The maximum Gasteiger partial charge on any atom is 0.353 e.